The lowest BCUT2D eigenvalue weighted by Gasteiger charge is -2.23. The Labute approximate surface area is 106 Å². The average Bonchev–Trinajstić information content (AvgIpc) is 2.73. The second-order valence-electron chi connectivity index (χ2n) is 4.76. The van der Waals surface area contributed by atoms with Gasteiger partial charge in [0.15, 0.2) is 0 Å². The fourth-order valence-electron chi connectivity index (χ4n) is 2.51. The number of aromatic nitrogens is 2. The molecule has 0 fully saturated rings. The lowest BCUT2D eigenvalue weighted by Crippen LogP contribution is -2.26. The number of aryl methyl sites for hydroxylation is 2. The lowest BCUT2D eigenvalue weighted by molar-refractivity contribution is 0.361. The van der Waals surface area contributed by atoms with Crippen molar-refractivity contribution in [1.29, 1.82) is 0 Å². The van der Waals surface area contributed by atoms with Crippen LogP contribution in [-0.4, -0.2) is 16.8 Å². The third-order valence-electron chi connectivity index (χ3n) is 3.47. The van der Waals surface area contributed by atoms with Gasteiger partial charge in [0.25, 0.3) is 0 Å². The topological polar surface area (TPSA) is 29.9 Å². The summed E-state index contributed by atoms with van der Waals surface area (Å²) in [7, 11) is 2.05. The Morgan fingerprint density at radius 1 is 1.35 bits per heavy atom. The van der Waals surface area contributed by atoms with Crippen LogP contribution < -0.4 is 5.32 Å². The fraction of sp³-hybridized carbons (Fsp3) is 0.786. The number of hydrogen-bond acceptors (Lipinski definition) is 2. The molecule has 0 saturated heterocycles. The highest BCUT2D eigenvalue weighted by Crippen LogP contribution is 2.26. The Kier molecular flexibility index (Phi) is 5.69. The van der Waals surface area contributed by atoms with E-state index in [-0.39, 0.29) is 0 Å². The van der Waals surface area contributed by atoms with E-state index in [0.29, 0.717) is 12.0 Å². The quantitative estimate of drug-likeness (QED) is 0.789. The van der Waals surface area contributed by atoms with Crippen LogP contribution >= 0.6 is 0 Å². The monoisotopic (exact) mass is 237 g/mol. The van der Waals surface area contributed by atoms with Crippen molar-refractivity contribution in [2.75, 3.05) is 7.05 Å². The second-order valence-corrected chi connectivity index (χ2v) is 4.76. The molecule has 1 rings (SSSR count). The molecule has 2 unspecified atom stereocenters. The molecule has 0 radical (unpaired) electrons. The summed E-state index contributed by atoms with van der Waals surface area (Å²) in [6.45, 7) is 9.84. The molecule has 0 aliphatic carbocycles. The minimum Gasteiger partial charge on any atom is -0.311 e. The molecule has 0 aliphatic rings. The Hall–Kier alpha value is -0.830. The lowest BCUT2D eigenvalue weighted by atomic mass is 9.94. The van der Waals surface area contributed by atoms with Gasteiger partial charge in [0.05, 0.1) is 17.4 Å². The van der Waals surface area contributed by atoms with E-state index in [1.54, 1.807) is 0 Å². The van der Waals surface area contributed by atoms with Gasteiger partial charge in [-0.1, -0.05) is 27.2 Å². The molecule has 17 heavy (non-hydrogen) atoms. The van der Waals surface area contributed by atoms with Crippen LogP contribution in [0.4, 0.5) is 0 Å². The molecule has 0 amide bonds. The molecule has 1 N–H and O–H groups in total. The highest BCUT2D eigenvalue weighted by Gasteiger charge is 2.21. The zero-order chi connectivity index (χ0) is 12.8. The minimum absolute atomic E-state index is 0.419. The zero-order valence-electron chi connectivity index (χ0n) is 12.0. The maximum Gasteiger partial charge on any atom is 0.0625 e. The largest absolute Gasteiger partial charge is 0.311 e. The van der Waals surface area contributed by atoms with Crippen molar-refractivity contribution < 1.29 is 0 Å². The van der Waals surface area contributed by atoms with Crippen molar-refractivity contribution in [3.63, 3.8) is 0 Å². The first kappa shape index (κ1) is 14.2. The van der Waals surface area contributed by atoms with Crippen LogP contribution in [0.5, 0.6) is 0 Å². The number of nitrogens with zero attached hydrogens (tertiary/aromatic N) is 2. The molecule has 0 bridgehead atoms. The van der Waals surface area contributed by atoms with Crippen LogP contribution in [-0.2, 0) is 13.0 Å². The SMILES string of the molecule is CCCC(C)C(NC)c1cc(CC)nn1CC. The Morgan fingerprint density at radius 2 is 2.06 bits per heavy atom. The predicted molar refractivity (Wildman–Crippen MR) is 73.2 cm³/mol. The van der Waals surface area contributed by atoms with Crippen molar-refractivity contribution >= 4 is 0 Å². The van der Waals surface area contributed by atoms with E-state index in [2.05, 4.69) is 55.9 Å². The molecule has 2 atom stereocenters. The fourth-order valence-corrected chi connectivity index (χ4v) is 2.51. The Balaban J connectivity index is 2.97. The zero-order valence-corrected chi connectivity index (χ0v) is 12.0. The van der Waals surface area contributed by atoms with Gasteiger partial charge in [0.1, 0.15) is 0 Å². The summed E-state index contributed by atoms with van der Waals surface area (Å²) in [5, 5.41) is 8.09. The van der Waals surface area contributed by atoms with Crippen molar-refractivity contribution in [2.45, 2.75) is 59.5 Å². The third kappa shape index (κ3) is 3.32. The van der Waals surface area contributed by atoms with Crippen LogP contribution in [0.2, 0.25) is 0 Å². The molecular weight excluding hydrogens is 210 g/mol. The molecular formula is C14H27N3. The minimum atomic E-state index is 0.419. The molecule has 0 aromatic carbocycles. The first-order chi connectivity index (χ1) is 8.17. The van der Waals surface area contributed by atoms with E-state index in [9.17, 15) is 0 Å². The van der Waals surface area contributed by atoms with Crippen LogP contribution in [0.25, 0.3) is 0 Å². The summed E-state index contributed by atoms with van der Waals surface area (Å²) in [5.41, 5.74) is 2.54. The molecule has 98 valence electrons. The van der Waals surface area contributed by atoms with Gasteiger partial charge in [-0.05, 0) is 38.8 Å². The summed E-state index contributed by atoms with van der Waals surface area (Å²) in [6, 6.07) is 2.68. The Bertz CT molecular complexity index is 330. The average molecular weight is 237 g/mol. The van der Waals surface area contributed by atoms with Crippen molar-refractivity contribution in [2.24, 2.45) is 5.92 Å². The first-order valence-corrected chi connectivity index (χ1v) is 6.91. The van der Waals surface area contributed by atoms with Gasteiger partial charge in [-0.2, -0.15) is 5.10 Å². The molecule has 3 nitrogen and oxygen atoms in total. The Morgan fingerprint density at radius 3 is 2.53 bits per heavy atom. The van der Waals surface area contributed by atoms with Gasteiger partial charge < -0.3 is 5.32 Å². The predicted octanol–water partition coefficient (Wildman–Crippen LogP) is 3.16. The summed E-state index contributed by atoms with van der Waals surface area (Å²) in [4.78, 5) is 0. The van der Waals surface area contributed by atoms with Gasteiger partial charge in [-0.25, -0.2) is 0 Å². The third-order valence-corrected chi connectivity index (χ3v) is 3.47. The van der Waals surface area contributed by atoms with Gasteiger partial charge in [-0.3, -0.25) is 4.68 Å². The van der Waals surface area contributed by atoms with Crippen LogP contribution in [0, 0.1) is 5.92 Å². The molecule has 0 aliphatic heterocycles. The second kappa shape index (κ2) is 6.80. The first-order valence-electron chi connectivity index (χ1n) is 6.91. The van der Waals surface area contributed by atoms with E-state index in [1.165, 1.54) is 24.2 Å². The van der Waals surface area contributed by atoms with E-state index in [1.807, 2.05) is 0 Å². The van der Waals surface area contributed by atoms with Gasteiger partial charge >= 0.3 is 0 Å². The summed E-state index contributed by atoms with van der Waals surface area (Å²) in [6.07, 6.45) is 3.50. The molecule has 1 aromatic heterocycles. The maximum atomic E-state index is 4.64. The molecule has 1 aromatic rings. The van der Waals surface area contributed by atoms with E-state index >= 15 is 0 Å². The van der Waals surface area contributed by atoms with Crippen LogP contribution in [0.15, 0.2) is 6.07 Å². The van der Waals surface area contributed by atoms with Crippen molar-refractivity contribution in [3.8, 4) is 0 Å². The molecule has 0 saturated carbocycles. The number of hydrogen-bond donors (Lipinski definition) is 1. The highest BCUT2D eigenvalue weighted by atomic mass is 15.3. The molecule has 1 heterocycles. The molecule has 0 spiro atoms. The summed E-state index contributed by atoms with van der Waals surface area (Å²) < 4.78 is 2.14. The smallest absolute Gasteiger partial charge is 0.0625 e. The van der Waals surface area contributed by atoms with Crippen LogP contribution in [0.1, 0.15) is 58.0 Å². The van der Waals surface area contributed by atoms with E-state index in [0.717, 1.165) is 13.0 Å². The normalized spacial score (nSPS) is 14.9. The van der Waals surface area contributed by atoms with Crippen LogP contribution in [0.3, 0.4) is 0 Å². The number of rotatable bonds is 7. The summed E-state index contributed by atoms with van der Waals surface area (Å²) >= 11 is 0. The van der Waals surface area contributed by atoms with Crippen molar-refractivity contribution in [1.82, 2.24) is 15.1 Å². The van der Waals surface area contributed by atoms with Crippen molar-refractivity contribution in [3.05, 3.63) is 17.5 Å². The van der Waals surface area contributed by atoms with E-state index < -0.39 is 0 Å². The number of nitrogens with one attached hydrogen (secondary N) is 1. The van der Waals surface area contributed by atoms with Gasteiger partial charge in [0, 0.05) is 6.54 Å². The molecule has 3 heteroatoms. The van der Waals surface area contributed by atoms with Gasteiger partial charge in [-0.15, -0.1) is 0 Å². The summed E-state index contributed by atoms with van der Waals surface area (Å²) in [5.74, 6) is 0.650. The maximum absolute atomic E-state index is 4.64. The standard InChI is InChI=1S/C14H27N3/c1-6-9-11(4)14(15-5)13-10-12(7-2)16-17(13)8-3/h10-11,14-15H,6-9H2,1-5H3. The van der Waals surface area contributed by atoms with Gasteiger partial charge in [0.2, 0.25) is 0 Å². The van der Waals surface area contributed by atoms with E-state index in [4.69, 9.17) is 0 Å². The highest BCUT2D eigenvalue weighted by molar-refractivity contribution is 5.15.